The summed E-state index contributed by atoms with van der Waals surface area (Å²) in [5.41, 5.74) is 5.35. The fraction of sp³-hybridized carbons (Fsp3) is 0.200. The first kappa shape index (κ1) is 6.51. The zero-order valence-corrected chi connectivity index (χ0v) is 5.62. The molecule has 1 aromatic heterocycles. The fourth-order valence-electron chi connectivity index (χ4n) is 0.463. The van der Waals surface area contributed by atoms with E-state index in [1.54, 1.807) is 18.5 Å². The number of hydrogen-bond acceptors (Lipinski definition) is 4. The predicted molar refractivity (Wildman–Crippen MR) is 37.9 cm³/mol. The number of rotatable bonds is 1. The molecule has 0 saturated carbocycles. The summed E-state index contributed by atoms with van der Waals surface area (Å²) < 4.78 is 0. The highest BCUT2D eigenvalue weighted by Crippen LogP contribution is 2.04. The van der Waals surface area contributed by atoms with Gasteiger partial charge in [0.15, 0.2) is 5.82 Å². The molecule has 0 radical (unpaired) electrons. The van der Waals surface area contributed by atoms with E-state index in [2.05, 4.69) is 22.6 Å². The molecule has 1 aromatic rings. The molecule has 4 heteroatoms. The Morgan fingerprint density at radius 1 is 1.44 bits per heavy atom. The molecule has 9 heavy (non-hydrogen) atoms. The molecule has 1 heterocycles. The van der Waals surface area contributed by atoms with Crippen LogP contribution in [0.2, 0.25) is 0 Å². The molecule has 1 atom stereocenters. The molecular formula is C5H7N3S. The van der Waals surface area contributed by atoms with Crippen LogP contribution in [0, 0.1) is 0 Å². The molecule has 0 spiro atoms. The van der Waals surface area contributed by atoms with Crippen LogP contribution in [-0.4, -0.2) is 9.97 Å². The molecule has 1 unspecified atom stereocenters. The van der Waals surface area contributed by atoms with Crippen molar-refractivity contribution in [1.82, 2.24) is 9.97 Å². The van der Waals surface area contributed by atoms with E-state index in [4.69, 9.17) is 5.73 Å². The normalized spacial score (nSPS) is 13.1. The first-order valence-corrected chi connectivity index (χ1v) is 3.03. The van der Waals surface area contributed by atoms with Gasteiger partial charge in [0, 0.05) is 12.4 Å². The average molecular weight is 141 g/mol. The standard InChI is InChI=1S/C5H7N3S/c6-4(9)5-7-2-1-3-8-5/h1-4,9H,6H2. The van der Waals surface area contributed by atoms with E-state index in [0.29, 0.717) is 5.82 Å². The van der Waals surface area contributed by atoms with Gasteiger partial charge in [-0.1, -0.05) is 0 Å². The van der Waals surface area contributed by atoms with Crippen LogP contribution in [0.1, 0.15) is 11.2 Å². The minimum Gasteiger partial charge on any atom is -0.313 e. The maximum absolute atomic E-state index is 5.35. The molecule has 1 rings (SSSR count). The molecule has 0 aromatic carbocycles. The van der Waals surface area contributed by atoms with E-state index in [9.17, 15) is 0 Å². The molecule has 2 N–H and O–H groups in total. The Labute approximate surface area is 58.7 Å². The Bertz CT molecular complexity index is 175. The van der Waals surface area contributed by atoms with Crippen LogP contribution >= 0.6 is 12.6 Å². The van der Waals surface area contributed by atoms with Gasteiger partial charge in [-0.05, 0) is 6.07 Å². The lowest BCUT2D eigenvalue weighted by molar-refractivity contribution is 0.893. The van der Waals surface area contributed by atoms with Gasteiger partial charge in [0.2, 0.25) is 0 Å². The zero-order chi connectivity index (χ0) is 6.69. The fourth-order valence-corrected chi connectivity index (χ4v) is 0.597. The molecule has 0 bridgehead atoms. The van der Waals surface area contributed by atoms with Gasteiger partial charge >= 0.3 is 0 Å². The SMILES string of the molecule is NC(S)c1ncccn1. The van der Waals surface area contributed by atoms with Crippen LogP contribution in [0.5, 0.6) is 0 Å². The van der Waals surface area contributed by atoms with E-state index in [1.807, 2.05) is 0 Å². The summed E-state index contributed by atoms with van der Waals surface area (Å²) >= 11 is 3.94. The lowest BCUT2D eigenvalue weighted by Gasteiger charge is -1.98. The predicted octanol–water partition coefficient (Wildman–Crippen LogP) is 0.364. The van der Waals surface area contributed by atoms with Crippen molar-refractivity contribution in [3.05, 3.63) is 24.3 Å². The van der Waals surface area contributed by atoms with Gasteiger partial charge in [0.25, 0.3) is 0 Å². The van der Waals surface area contributed by atoms with Crippen molar-refractivity contribution in [3.63, 3.8) is 0 Å². The van der Waals surface area contributed by atoms with Crippen molar-refractivity contribution < 1.29 is 0 Å². The van der Waals surface area contributed by atoms with Crippen molar-refractivity contribution in [2.45, 2.75) is 5.37 Å². The van der Waals surface area contributed by atoms with Gasteiger partial charge in [0.1, 0.15) is 5.37 Å². The summed E-state index contributed by atoms with van der Waals surface area (Å²) in [6.07, 6.45) is 3.27. The highest BCUT2D eigenvalue weighted by atomic mass is 32.1. The second-order valence-electron chi connectivity index (χ2n) is 1.55. The van der Waals surface area contributed by atoms with Gasteiger partial charge < -0.3 is 5.73 Å². The van der Waals surface area contributed by atoms with Gasteiger partial charge in [-0.15, -0.1) is 0 Å². The summed E-state index contributed by atoms with van der Waals surface area (Å²) in [5.74, 6) is 0.556. The van der Waals surface area contributed by atoms with Crippen molar-refractivity contribution in [2.75, 3.05) is 0 Å². The molecule has 0 aliphatic rings. The van der Waals surface area contributed by atoms with E-state index in [1.165, 1.54) is 0 Å². The van der Waals surface area contributed by atoms with E-state index in [-0.39, 0.29) is 5.37 Å². The summed E-state index contributed by atoms with van der Waals surface area (Å²) in [7, 11) is 0. The third-order valence-electron chi connectivity index (χ3n) is 0.850. The number of nitrogens with zero attached hydrogens (tertiary/aromatic N) is 2. The van der Waals surface area contributed by atoms with Crippen molar-refractivity contribution in [1.29, 1.82) is 0 Å². The minimum absolute atomic E-state index is 0.369. The minimum atomic E-state index is -0.369. The summed E-state index contributed by atoms with van der Waals surface area (Å²) in [5, 5.41) is -0.369. The van der Waals surface area contributed by atoms with Crippen LogP contribution in [-0.2, 0) is 0 Å². The molecule has 0 aliphatic heterocycles. The second kappa shape index (κ2) is 2.80. The van der Waals surface area contributed by atoms with E-state index >= 15 is 0 Å². The van der Waals surface area contributed by atoms with Crippen LogP contribution in [0.3, 0.4) is 0 Å². The first-order chi connectivity index (χ1) is 4.30. The van der Waals surface area contributed by atoms with Gasteiger partial charge in [0.05, 0.1) is 0 Å². The summed E-state index contributed by atoms with van der Waals surface area (Å²) in [6.45, 7) is 0. The molecule has 0 saturated heterocycles. The number of aromatic nitrogens is 2. The topological polar surface area (TPSA) is 51.8 Å². The molecule has 3 nitrogen and oxygen atoms in total. The Balaban J connectivity index is 2.85. The van der Waals surface area contributed by atoms with Gasteiger partial charge in [-0.25, -0.2) is 9.97 Å². The molecule has 0 amide bonds. The summed E-state index contributed by atoms with van der Waals surface area (Å²) in [6, 6.07) is 1.74. The second-order valence-corrected chi connectivity index (χ2v) is 2.11. The van der Waals surface area contributed by atoms with Crippen LogP contribution in [0.15, 0.2) is 18.5 Å². The van der Waals surface area contributed by atoms with Crippen molar-refractivity contribution in [2.24, 2.45) is 5.73 Å². The lowest BCUT2D eigenvalue weighted by Crippen LogP contribution is -2.06. The monoisotopic (exact) mass is 141 g/mol. The Morgan fingerprint density at radius 2 is 2.00 bits per heavy atom. The highest BCUT2D eigenvalue weighted by Gasteiger charge is 1.98. The Morgan fingerprint density at radius 3 is 2.33 bits per heavy atom. The third-order valence-corrected chi connectivity index (χ3v) is 1.08. The molecule has 0 fully saturated rings. The Hall–Kier alpha value is -0.610. The summed E-state index contributed by atoms with van der Waals surface area (Å²) in [4.78, 5) is 7.73. The van der Waals surface area contributed by atoms with Gasteiger partial charge in [-0.2, -0.15) is 12.6 Å². The smallest absolute Gasteiger partial charge is 0.154 e. The molecular weight excluding hydrogens is 134 g/mol. The van der Waals surface area contributed by atoms with E-state index in [0.717, 1.165) is 0 Å². The van der Waals surface area contributed by atoms with Crippen molar-refractivity contribution >= 4 is 12.6 Å². The highest BCUT2D eigenvalue weighted by molar-refractivity contribution is 7.80. The molecule has 48 valence electrons. The van der Waals surface area contributed by atoms with E-state index < -0.39 is 0 Å². The average Bonchev–Trinajstić information content (AvgIpc) is 1.90. The zero-order valence-electron chi connectivity index (χ0n) is 4.73. The maximum Gasteiger partial charge on any atom is 0.154 e. The number of hydrogen-bond donors (Lipinski definition) is 2. The number of nitrogens with two attached hydrogens (primary N) is 1. The first-order valence-electron chi connectivity index (χ1n) is 2.51. The quantitative estimate of drug-likeness (QED) is 0.438. The maximum atomic E-state index is 5.35. The van der Waals surface area contributed by atoms with Crippen molar-refractivity contribution in [3.8, 4) is 0 Å². The van der Waals surface area contributed by atoms with Gasteiger partial charge in [-0.3, -0.25) is 0 Å². The van der Waals surface area contributed by atoms with Crippen LogP contribution in [0.25, 0.3) is 0 Å². The largest absolute Gasteiger partial charge is 0.313 e. The molecule has 0 aliphatic carbocycles. The van der Waals surface area contributed by atoms with Crippen LogP contribution < -0.4 is 5.73 Å². The van der Waals surface area contributed by atoms with Crippen LogP contribution in [0.4, 0.5) is 0 Å². The third kappa shape index (κ3) is 1.65. The number of thiol groups is 1. The lowest BCUT2D eigenvalue weighted by atomic mass is 10.5. The Kier molecular flexibility index (Phi) is 2.02.